The van der Waals surface area contributed by atoms with Gasteiger partial charge in [-0.3, -0.25) is 4.79 Å². The van der Waals surface area contributed by atoms with Crippen LogP contribution in [0.15, 0.2) is 23.3 Å². The Morgan fingerprint density at radius 3 is 2.88 bits per heavy atom. The minimum Gasteiger partial charge on any atom is -0.489 e. The van der Waals surface area contributed by atoms with Gasteiger partial charge in [-0.1, -0.05) is 11.6 Å². The molecule has 2 N–H and O–H groups in total. The zero-order valence-corrected chi connectivity index (χ0v) is 15.0. The third-order valence-corrected chi connectivity index (χ3v) is 3.60. The van der Waals surface area contributed by atoms with Crippen molar-refractivity contribution in [2.24, 2.45) is 5.10 Å². The van der Waals surface area contributed by atoms with Crippen LogP contribution in [0.1, 0.15) is 33.6 Å². The molecule has 0 fully saturated rings. The maximum absolute atomic E-state index is 12.1. The summed E-state index contributed by atoms with van der Waals surface area (Å²) in [5, 5.41) is 19.2. The van der Waals surface area contributed by atoms with Gasteiger partial charge in [0, 0.05) is 29.7 Å². The first kappa shape index (κ1) is 18.7. The predicted molar refractivity (Wildman–Crippen MR) is 95.9 cm³/mol. The Hall–Kier alpha value is -1.63. The van der Waals surface area contributed by atoms with Crippen LogP contribution in [-0.4, -0.2) is 42.0 Å². The third kappa shape index (κ3) is 5.47. The Morgan fingerprint density at radius 2 is 2.21 bits per heavy atom. The van der Waals surface area contributed by atoms with Crippen molar-refractivity contribution in [3.05, 3.63) is 23.2 Å². The summed E-state index contributed by atoms with van der Waals surface area (Å²) in [6, 6.07) is 4.99. The van der Waals surface area contributed by atoms with Crippen molar-refractivity contribution in [1.82, 2.24) is 5.32 Å². The number of hydrogen-bond donors (Lipinski definition) is 2. The van der Waals surface area contributed by atoms with E-state index < -0.39 is 6.10 Å². The van der Waals surface area contributed by atoms with E-state index in [0.29, 0.717) is 35.8 Å². The quantitative estimate of drug-likeness (QED) is 0.824. The van der Waals surface area contributed by atoms with E-state index in [2.05, 4.69) is 10.4 Å². The Bertz CT molecular complexity index is 614. The molecule has 1 aromatic carbocycles. The van der Waals surface area contributed by atoms with Gasteiger partial charge in [0.2, 0.25) is 5.91 Å². The summed E-state index contributed by atoms with van der Waals surface area (Å²) < 4.78 is 5.70. The van der Waals surface area contributed by atoms with Gasteiger partial charge in [0.05, 0.1) is 0 Å². The van der Waals surface area contributed by atoms with Gasteiger partial charge in [0.25, 0.3) is 0 Å². The number of hydrazone groups is 1. The zero-order valence-electron chi connectivity index (χ0n) is 14.3. The van der Waals surface area contributed by atoms with Crippen molar-refractivity contribution >= 4 is 29.4 Å². The van der Waals surface area contributed by atoms with Gasteiger partial charge in [0.15, 0.2) is 0 Å². The second kappa shape index (κ2) is 7.96. The number of amides is 1. The topological polar surface area (TPSA) is 74.2 Å². The van der Waals surface area contributed by atoms with Crippen LogP contribution in [0.5, 0.6) is 5.75 Å². The lowest BCUT2D eigenvalue weighted by molar-refractivity contribution is -0.118. The molecule has 7 heteroatoms. The molecule has 24 heavy (non-hydrogen) atoms. The largest absolute Gasteiger partial charge is 0.489 e. The summed E-state index contributed by atoms with van der Waals surface area (Å²) in [5.74, 6) is 0.348. The van der Waals surface area contributed by atoms with Crippen molar-refractivity contribution in [1.29, 1.82) is 0 Å². The standard InChI is InChI=1S/C17H24ClN3O3/c1-17(2,3)19-10-13(22)11-24-15-7-6-12(18)9-14(15)21-16(23)5-4-8-20-21/h6-9,13,19,22H,4-5,10-11H2,1-3H3. The second-order valence-corrected chi connectivity index (χ2v) is 7.19. The van der Waals surface area contributed by atoms with E-state index >= 15 is 0 Å². The molecular weight excluding hydrogens is 330 g/mol. The van der Waals surface area contributed by atoms with E-state index in [1.54, 1.807) is 24.4 Å². The molecule has 1 heterocycles. The van der Waals surface area contributed by atoms with Gasteiger partial charge in [-0.05, 0) is 45.4 Å². The lowest BCUT2D eigenvalue weighted by atomic mass is 10.1. The molecule has 0 aromatic heterocycles. The van der Waals surface area contributed by atoms with E-state index in [4.69, 9.17) is 16.3 Å². The number of carbonyl (C=O) groups excluding carboxylic acids is 1. The summed E-state index contributed by atoms with van der Waals surface area (Å²) in [6.07, 6.45) is 2.04. The lowest BCUT2D eigenvalue weighted by Crippen LogP contribution is -2.42. The molecule has 1 aromatic rings. The first-order chi connectivity index (χ1) is 11.3. The molecule has 1 aliphatic heterocycles. The van der Waals surface area contributed by atoms with Crippen LogP contribution in [0.3, 0.4) is 0 Å². The molecule has 2 rings (SSSR count). The molecule has 6 nitrogen and oxygen atoms in total. The highest BCUT2D eigenvalue weighted by Crippen LogP contribution is 2.33. The monoisotopic (exact) mass is 353 g/mol. The number of halogens is 1. The van der Waals surface area contributed by atoms with Crippen LogP contribution in [0.2, 0.25) is 5.02 Å². The molecule has 1 amide bonds. The summed E-state index contributed by atoms with van der Waals surface area (Å²) in [4.78, 5) is 12.1. The van der Waals surface area contributed by atoms with Crippen LogP contribution in [0, 0.1) is 0 Å². The third-order valence-electron chi connectivity index (χ3n) is 3.37. The average Bonchev–Trinajstić information content (AvgIpc) is 2.51. The molecule has 1 aliphatic rings. The summed E-state index contributed by atoms with van der Waals surface area (Å²) in [6.45, 7) is 6.59. The van der Waals surface area contributed by atoms with E-state index in [1.165, 1.54) is 5.01 Å². The molecule has 0 saturated carbocycles. The minimum absolute atomic E-state index is 0.0820. The maximum atomic E-state index is 12.1. The van der Waals surface area contributed by atoms with E-state index in [9.17, 15) is 9.90 Å². The molecule has 0 radical (unpaired) electrons. The van der Waals surface area contributed by atoms with Gasteiger partial charge < -0.3 is 15.2 Å². The second-order valence-electron chi connectivity index (χ2n) is 6.75. The van der Waals surface area contributed by atoms with Crippen molar-refractivity contribution in [3.63, 3.8) is 0 Å². The van der Waals surface area contributed by atoms with E-state index in [1.807, 2.05) is 20.8 Å². The number of aliphatic hydroxyl groups excluding tert-OH is 1. The van der Waals surface area contributed by atoms with Gasteiger partial charge >= 0.3 is 0 Å². The number of hydrogen-bond acceptors (Lipinski definition) is 5. The van der Waals surface area contributed by atoms with Crippen molar-refractivity contribution < 1.29 is 14.6 Å². The Labute approximate surface area is 147 Å². The Balaban J connectivity index is 2.06. The Morgan fingerprint density at radius 1 is 1.46 bits per heavy atom. The van der Waals surface area contributed by atoms with Crippen LogP contribution >= 0.6 is 11.6 Å². The molecule has 1 atom stereocenters. The average molecular weight is 354 g/mol. The number of nitrogens with zero attached hydrogens (tertiary/aromatic N) is 2. The van der Waals surface area contributed by atoms with Gasteiger partial charge in [-0.25, -0.2) is 0 Å². The normalized spacial score (nSPS) is 16.4. The highest BCUT2D eigenvalue weighted by molar-refractivity contribution is 6.31. The minimum atomic E-state index is -0.673. The van der Waals surface area contributed by atoms with Gasteiger partial charge in [-0.2, -0.15) is 10.1 Å². The van der Waals surface area contributed by atoms with Crippen LogP contribution in [-0.2, 0) is 4.79 Å². The van der Waals surface area contributed by atoms with Crippen LogP contribution in [0.4, 0.5) is 5.69 Å². The van der Waals surface area contributed by atoms with Gasteiger partial charge in [0.1, 0.15) is 24.1 Å². The summed E-state index contributed by atoms with van der Waals surface area (Å²) in [7, 11) is 0. The molecule has 0 saturated heterocycles. The maximum Gasteiger partial charge on any atom is 0.247 e. The van der Waals surface area contributed by atoms with Crippen molar-refractivity contribution in [2.45, 2.75) is 45.3 Å². The number of β-amino-alcohol motifs (C(OH)–C–C–N with tert-alkyl or cyclic N) is 1. The summed E-state index contributed by atoms with van der Waals surface area (Å²) >= 11 is 6.04. The number of rotatable bonds is 6. The number of ether oxygens (including phenoxy) is 1. The van der Waals surface area contributed by atoms with Crippen LogP contribution in [0.25, 0.3) is 0 Å². The molecule has 0 spiro atoms. The highest BCUT2D eigenvalue weighted by Gasteiger charge is 2.22. The van der Waals surface area contributed by atoms with Crippen molar-refractivity contribution in [3.8, 4) is 5.75 Å². The fourth-order valence-corrected chi connectivity index (χ4v) is 2.31. The molecule has 132 valence electrons. The predicted octanol–water partition coefficient (Wildman–Crippen LogP) is 2.58. The number of carbonyl (C=O) groups is 1. The van der Waals surface area contributed by atoms with E-state index in [0.717, 1.165) is 0 Å². The van der Waals surface area contributed by atoms with Crippen molar-refractivity contribution in [2.75, 3.05) is 18.2 Å². The number of anilines is 1. The van der Waals surface area contributed by atoms with Crippen LogP contribution < -0.4 is 15.1 Å². The first-order valence-corrected chi connectivity index (χ1v) is 8.35. The number of aliphatic hydroxyl groups is 1. The van der Waals surface area contributed by atoms with E-state index in [-0.39, 0.29) is 18.1 Å². The molecule has 0 bridgehead atoms. The smallest absolute Gasteiger partial charge is 0.247 e. The summed E-state index contributed by atoms with van der Waals surface area (Å²) in [5.41, 5.74) is 0.404. The number of nitrogens with one attached hydrogen (secondary N) is 1. The zero-order chi connectivity index (χ0) is 17.7. The molecule has 1 unspecified atom stereocenters. The highest BCUT2D eigenvalue weighted by atomic mass is 35.5. The first-order valence-electron chi connectivity index (χ1n) is 7.97. The van der Waals surface area contributed by atoms with Gasteiger partial charge in [-0.15, -0.1) is 0 Å². The SMILES string of the molecule is CC(C)(C)NCC(O)COc1ccc(Cl)cc1N1N=CCCC1=O. The molecular formula is C17H24ClN3O3. The fraction of sp³-hybridized carbons (Fsp3) is 0.529. The fourth-order valence-electron chi connectivity index (χ4n) is 2.14. The molecule has 0 aliphatic carbocycles. The lowest BCUT2D eigenvalue weighted by Gasteiger charge is -2.25. The number of benzene rings is 1. The Kier molecular flexibility index (Phi) is 6.21.